The number of nitrogens with two attached hydrogens (primary N) is 1. The van der Waals surface area contributed by atoms with Crippen molar-refractivity contribution in [3.8, 4) is 0 Å². The molecule has 1 atom stereocenters. The van der Waals surface area contributed by atoms with E-state index in [2.05, 4.69) is 5.32 Å². The molecule has 1 aliphatic heterocycles. The van der Waals surface area contributed by atoms with Crippen LogP contribution in [0.1, 0.15) is 12.8 Å². The summed E-state index contributed by atoms with van der Waals surface area (Å²) in [6, 6.07) is 3.07. The number of nitrogen functional groups attached to an aromatic ring is 1. The summed E-state index contributed by atoms with van der Waals surface area (Å²) in [6.45, 7) is 0.613. The number of benzene rings is 1. The van der Waals surface area contributed by atoms with Gasteiger partial charge in [-0.25, -0.2) is 0 Å². The van der Waals surface area contributed by atoms with Gasteiger partial charge in [0.15, 0.2) is 0 Å². The Bertz CT molecular complexity index is 422. The maximum atomic E-state index is 11.8. The Labute approximate surface area is 109 Å². The molecule has 1 amide bonds. The van der Waals surface area contributed by atoms with Crippen LogP contribution in [-0.4, -0.2) is 18.6 Å². The Morgan fingerprint density at radius 3 is 2.82 bits per heavy atom. The van der Waals surface area contributed by atoms with E-state index in [1.54, 1.807) is 6.07 Å². The van der Waals surface area contributed by atoms with Crippen LogP contribution in [0.3, 0.4) is 0 Å². The van der Waals surface area contributed by atoms with Gasteiger partial charge in [-0.05, 0) is 25.0 Å². The first-order chi connectivity index (χ1) is 8.08. The van der Waals surface area contributed by atoms with Crippen molar-refractivity contribution in [1.82, 2.24) is 0 Å². The van der Waals surface area contributed by atoms with Gasteiger partial charge in [0, 0.05) is 11.6 Å². The minimum atomic E-state index is -0.416. The summed E-state index contributed by atoms with van der Waals surface area (Å²) in [5, 5.41) is 3.42. The topological polar surface area (TPSA) is 64.3 Å². The summed E-state index contributed by atoms with van der Waals surface area (Å²) < 4.78 is 5.27. The molecule has 0 aliphatic carbocycles. The van der Waals surface area contributed by atoms with Crippen LogP contribution in [0.25, 0.3) is 0 Å². The molecule has 92 valence electrons. The minimum absolute atomic E-state index is 0.224. The summed E-state index contributed by atoms with van der Waals surface area (Å²) in [5.41, 5.74) is 6.47. The second-order valence-corrected chi connectivity index (χ2v) is 4.69. The highest BCUT2D eigenvalue weighted by atomic mass is 35.5. The number of anilines is 2. The minimum Gasteiger partial charge on any atom is -0.397 e. The largest absolute Gasteiger partial charge is 0.397 e. The lowest BCUT2D eigenvalue weighted by Crippen LogP contribution is -2.27. The van der Waals surface area contributed by atoms with Gasteiger partial charge in [0.25, 0.3) is 5.91 Å². The van der Waals surface area contributed by atoms with Gasteiger partial charge in [0.1, 0.15) is 6.10 Å². The fraction of sp³-hybridized carbons (Fsp3) is 0.364. The second kappa shape index (κ2) is 5.12. The average molecular weight is 275 g/mol. The van der Waals surface area contributed by atoms with E-state index < -0.39 is 6.10 Å². The van der Waals surface area contributed by atoms with E-state index in [1.807, 2.05) is 0 Å². The summed E-state index contributed by atoms with van der Waals surface area (Å²) in [4.78, 5) is 11.8. The molecule has 1 aromatic carbocycles. The molecule has 17 heavy (non-hydrogen) atoms. The Morgan fingerprint density at radius 1 is 1.47 bits per heavy atom. The molecule has 0 aromatic heterocycles. The van der Waals surface area contributed by atoms with E-state index in [-0.39, 0.29) is 5.91 Å². The number of hydrogen-bond acceptors (Lipinski definition) is 3. The van der Waals surface area contributed by atoms with E-state index in [1.165, 1.54) is 6.07 Å². The number of carbonyl (C=O) groups excluding carboxylic acids is 1. The smallest absolute Gasteiger partial charge is 0.253 e. The van der Waals surface area contributed by atoms with E-state index in [0.29, 0.717) is 28.0 Å². The number of rotatable bonds is 2. The maximum absolute atomic E-state index is 11.8. The first kappa shape index (κ1) is 12.5. The van der Waals surface area contributed by atoms with Crippen LogP contribution < -0.4 is 11.1 Å². The van der Waals surface area contributed by atoms with Crippen molar-refractivity contribution in [2.24, 2.45) is 0 Å². The van der Waals surface area contributed by atoms with Crippen molar-refractivity contribution in [2.75, 3.05) is 17.7 Å². The monoisotopic (exact) mass is 274 g/mol. The van der Waals surface area contributed by atoms with Gasteiger partial charge in [-0.2, -0.15) is 0 Å². The van der Waals surface area contributed by atoms with Gasteiger partial charge < -0.3 is 15.8 Å². The molecule has 3 N–H and O–H groups in total. The van der Waals surface area contributed by atoms with E-state index in [4.69, 9.17) is 33.7 Å². The molecule has 1 unspecified atom stereocenters. The predicted molar refractivity (Wildman–Crippen MR) is 68.5 cm³/mol. The zero-order valence-corrected chi connectivity index (χ0v) is 10.5. The Balaban J connectivity index is 2.15. The third-order valence-electron chi connectivity index (χ3n) is 2.56. The molecule has 6 heteroatoms. The maximum Gasteiger partial charge on any atom is 0.253 e. The molecular formula is C11H12Cl2N2O2. The fourth-order valence-electron chi connectivity index (χ4n) is 1.71. The molecule has 4 nitrogen and oxygen atoms in total. The third kappa shape index (κ3) is 2.83. The van der Waals surface area contributed by atoms with Crippen molar-refractivity contribution in [3.05, 3.63) is 22.2 Å². The van der Waals surface area contributed by atoms with Gasteiger partial charge in [-0.15, -0.1) is 0 Å². The number of hydrogen-bond donors (Lipinski definition) is 2. The highest BCUT2D eigenvalue weighted by Crippen LogP contribution is 2.32. The Morgan fingerprint density at radius 2 is 2.24 bits per heavy atom. The van der Waals surface area contributed by atoms with Gasteiger partial charge >= 0.3 is 0 Å². The number of amides is 1. The highest BCUT2D eigenvalue weighted by molar-refractivity contribution is 6.37. The molecule has 0 spiro atoms. The van der Waals surface area contributed by atoms with Crippen molar-refractivity contribution in [2.45, 2.75) is 18.9 Å². The Hall–Kier alpha value is -0.970. The molecule has 1 heterocycles. The van der Waals surface area contributed by atoms with Crippen LogP contribution >= 0.6 is 23.2 Å². The Kier molecular flexibility index (Phi) is 3.76. The van der Waals surface area contributed by atoms with Crippen molar-refractivity contribution >= 4 is 40.5 Å². The third-order valence-corrected chi connectivity index (χ3v) is 3.07. The lowest BCUT2D eigenvalue weighted by Gasteiger charge is -2.13. The summed E-state index contributed by atoms with van der Waals surface area (Å²) in [6.07, 6.45) is 1.19. The molecule has 0 bridgehead atoms. The van der Waals surface area contributed by atoms with Crippen LogP contribution in [-0.2, 0) is 9.53 Å². The van der Waals surface area contributed by atoms with Crippen LogP contribution in [0.15, 0.2) is 12.1 Å². The lowest BCUT2D eigenvalue weighted by molar-refractivity contribution is -0.124. The fourth-order valence-corrected chi connectivity index (χ4v) is 2.27. The van der Waals surface area contributed by atoms with Crippen LogP contribution in [0.4, 0.5) is 11.4 Å². The van der Waals surface area contributed by atoms with Crippen molar-refractivity contribution < 1.29 is 9.53 Å². The van der Waals surface area contributed by atoms with Crippen LogP contribution in [0.5, 0.6) is 0 Å². The number of nitrogens with one attached hydrogen (secondary N) is 1. The van der Waals surface area contributed by atoms with Gasteiger partial charge in [0.05, 0.1) is 16.4 Å². The van der Waals surface area contributed by atoms with Crippen molar-refractivity contribution in [1.29, 1.82) is 0 Å². The van der Waals surface area contributed by atoms with E-state index in [0.717, 1.165) is 12.8 Å². The summed E-state index contributed by atoms with van der Waals surface area (Å²) in [7, 11) is 0. The standard InChI is InChI=1S/C11H12Cl2N2O2/c12-6-4-7(13)10(8(14)5-6)15-11(16)9-2-1-3-17-9/h4-5,9H,1-3,14H2,(H,15,16). The number of halogens is 2. The van der Waals surface area contributed by atoms with Gasteiger partial charge in [0.2, 0.25) is 0 Å². The molecule has 1 aromatic rings. The normalized spacial score (nSPS) is 19.3. The SMILES string of the molecule is Nc1cc(Cl)cc(Cl)c1NC(=O)C1CCCO1. The average Bonchev–Trinajstić information content (AvgIpc) is 2.76. The summed E-state index contributed by atoms with van der Waals surface area (Å²) >= 11 is 11.7. The zero-order valence-electron chi connectivity index (χ0n) is 9.00. The molecule has 1 saturated heterocycles. The van der Waals surface area contributed by atoms with Gasteiger partial charge in [-0.1, -0.05) is 23.2 Å². The predicted octanol–water partition coefficient (Wildman–Crippen LogP) is 2.69. The molecule has 1 fully saturated rings. The van der Waals surface area contributed by atoms with Crippen LogP contribution in [0.2, 0.25) is 10.0 Å². The molecular weight excluding hydrogens is 263 g/mol. The first-order valence-electron chi connectivity index (χ1n) is 5.25. The summed E-state index contributed by atoms with van der Waals surface area (Å²) in [5.74, 6) is -0.224. The van der Waals surface area contributed by atoms with E-state index in [9.17, 15) is 4.79 Å². The quantitative estimate of drug-likeness (QED) is 0.815. The highest BCUT2D eigenvalue weighted by Gasteiger charge is 2.24. The molecule has 0 radical (unpaired) electrons. The molecule has 0 saturated carbocycles. The van der Waals surface area contributed by atoms with Crippen LogP contribution in [0, 0.1) is 0 Å². The lowest BCUT2D eigenvalue weighted by atomic mass is 10.2. The van der Waals surface area contributed by atoms with E-state index >= 15 is 0 Å². The zero-order chi connectivity index (χ0) is 12.4. The van der Waals surface area contributed by atoms with Crippen molar-refractivity contribution in [3.63, 3.8) is 0 Å². The molecule has 1 aliphatic rings. The number of ether oxygens (including phenoxy) is 1. The number of carbonyl (C=O) groups is 1. The van der Waals surface area contributed by atoms with Gasteiger partial charge in [-0.3, -0.25) is 4.79 Å². The first-order valence-corrected chi connectivity index (χ1v) is 6.00. The molecule has 2 rings (SSSR count). The second-order valence-electron chi connectivity index (χ2n) is 3.84.